The first kappa shape index (κ1) is 21.2. The van der Waals surface area contributed by atoms with Gasteiger partial charge in [0.25, 0.3) is 5.91 Å². The van der Waals surface area contributed by atoms with Crippen molar-refractivity contribution in [2.45, 2.75) is 62.4 Å². The molecule has 2 amide bonds. The summed E-state index contributed by atoms with van der Waals surface area (Å²) >= 11 is 1.33. The lowest BCUT2D eigenvalue weighted by Gasteiger charge is -2.43. The van der Waals surface area contributed by atoms with Gasteiger partial charge in [-0.1, -0.05) is 13.8 Å². The van der Waals surface area contributed by atoms with Crippen LogP contribution in [-0.2, 0) is 19.1 Å². The molecular formula is C19H24N2O7S. The van der Waals surface area contributed by atoms with Gasteiger partial charge in [0, 0.05) is 4.75 Å². The number of nitrogens with zero attached hydrogens (tertiary/aromatic N) is 1. The van der Waals surface area contributed by atoms with Crippen LogP contribution in [0.5, 0.6) is 0 Å². The number of furan rings is 1. The molecule has 1 aromatic rings. The van der Waals surface area contributed by atoms with Crippen molar-refractivity contribution in [2.75, 3.05) is 0 Å². The van der Waals surface area contributed by atoms with Crippen molar-refractivity contribution in [2.24, 2.45) is 5.92 Å². The number of nitrogens with one attached hydrogen (secondary N) is 1. The van der Waals surface area contributed by atoms with Crippen LogP contribution in [0.1, 0.15) is 44.7 Å². The number of carboxylic acids is 1. The Bertz CT molecular complexity index is 821. The molecule has 2 fully saturated rings. The number of esters is 1. The Balaban J connectivity index is 1.69. The molecule has 0 radical (unpaired) electrons. The summed E-state index contributed by atoms with van der Waals surface area (Å²) in [5.41, 5.74) is 0. The van der Waals surface area contributed by atoms with Gasteiger partial charge in [0.1, 0.15) is 17.5 Å². The molecule has 158 valence electrons. The Kier molecular flexibility index (Phi) is 5.66. The molecule has 0 aliphatic carbocycles. The van der Waals surface area contributed by atoms with Crippen molar-refractivity contribution < 1.29 is 33.4 Å². The number of β-lactam (4-membered cyclic amide) rings is 1. The third-order valence-corrected chi connectivity index (χ3v) is 6.49. The average Bonchev–Trinajstić information content (AvgIpc) is 3.23. The second kappa shape index (κ2) is 7.74. The molecule has 1 aromatic heterocycles. The molecule has 2 saturated heterocycles. The first-order valence-corrected chi connectivity index (χ1v) is 10.2. The van der Waals surface area contributed by atoms with Crippen LogP contribution in [0.15, 0.2) is 22.8 Å². The van der Waals surface area contributed by atoms with E-state index in [1.54, 1.807) is 13.8 Å². The number of ether oxygens (including phenoxy) is 1. The van der Waals surface area contributed by atoms with E-state index in [0.29, 0.717) is 0 Å². The second-order valence-corrected chi connectivity index (χ2v) is 9.86. The zero-order valence-corrected chi connectivity index (χ0v) is 17.4. The molecule has 0 saturated carbocycles. The number of carbonyl (C=O) groups is 4. The molecule has 3 rings (SSSR count). The van der Waals surface area contributed by atoms with Crippen molar-refractivity contribution in [3.05, 3.63) is 24.2 Å². The number of carbonyl (C=O) groups excluding carboxylic acids is 3. The first-order chi connectivity index (χ1) is 13.5. The van der Waals surface area contributed by atoms with Crippen LogP contribution in [0.3, 0.4) is 0 Å². The van der Waals surface area contributed by atoms with Crippen LogP contribution in [0.4, 0.5) is 0 Å². The number of aliphatic carboxylic acids is 1. The summed E-state index contributed by atoms with van der Waals surface area (Å²) < 4.78 is 9.63. The maximum Gasteiger partial charge on any atom is 0.374 e. The maximum atomic E-state index is 12.8. The standard InChI is InChI=1S/C19H24N2O7S/c1-9(2)8-11(28-18(26)10-6-5-7-27-10)14(22)20-12-15(23)21-13(17(24)25)19(3,4)29-16(12)21/h5-7,9,11-13,16H,8H2,1-4H3,(H,20,22)(H,24,25)/t11-,12?,13-,16+/m0/s1. The van der Waals surface area contributed by atoms with Crippen LogP contribution in [0.25, 0.3) is 0 Å². The van der Waals surface area contributed by atoms with E-state index in [9.17, 15) is 24.3 Å². The minimum atomic E-state index is -1.09. The highest BCUT2D eigenvalue weighted by Gasteiger charge is 2.64. The number of hydrogen-bond donors (Lipinski definition) is 2. The van der Waals surface area contributed by atoms with E-state index in [-0.39, 0.29) is 18.1 Å². The lowest BCUT2D eigenvalue weighted by molar-refractivity contribution is -0.161. The topological polar surface area (TPSA) is 126 Å². The molecule has 3 heterocycles. The fraction of sp³-hybridized carbons (Fsp3) is 0.579. The molecule has 0 bridgehead atoms. The van der Waals surface area contributed by atoms with Crippen molar-refractivity contribution in [1.29, 1.82) is 0 Å². The van der Waals surface area contributed by atoms with Gasteiger partial charge in [-0.2, -0.15) is 0 Å². The summed E-state index contributed by atoms with van der Waals surface area (Å²) in [6.45, 7) is 7.27. The minimum absolute atomic E-state index is 0.0187. The van der Waals surface area contributed by atoms with Gasteiger partial charge in [-0.05, 0) is 38.3 Å². The van der Waals surface area contributed by atoms with Crippen molar-refractivity contribution in [3.8, 4) is 0 Å². The fourth-order valence-electron chi connectivity index (χ4n) is 3.61. The molecule has 10 heteroatoms. The Hall–Kier alpha value is -2.49. The molecule has 0 aromatic carbocycles. The number of thioether (sulfide) groups is 1. The SMILES string of the molecule is CC(C)C[C@H](OC(=O)c1ccco1)C(=O)NC1C(=O)N2[C@@H]1SC(C)(C)[C@@H]2C(=O)O. The molecular weight excluding hydrogens is 400 g/mol. The summed E-state index contributed by atoms with van der Waals surface area (Å²) in [6, 6.07) is 1.16. The van der Waals surface area contributed by atoms with Gasteiger partial charge in [0.05, 0.1) is 6.26 Å². The average molecular weight is 424 g/mol. The van der Waals surface area contributed by atoms with Gasteiger partial charge in [0.15, 0.2) is 6.10 Å². The molecule has 4 atom stereocenters. The lowest BCUT2D eigenvalue weighted by atomic mass is 9.95. The minimum Gasteiger partial charge on any atom is -0.480 e. The highest BCUT2D eigenvalue weighted by Crippen LogP contribution is 2.50. The Morgan fingerprint density at radius 1 is 1.38 bits per heavy atom. The summed E-state index contributed by atoms with van der Waals surface area (Å²) in [4.78, 5) is 50.4. The largest absolute Gasteiger partial charge is 0.480 e. The van der Waals surface area contributed by atoms with Crippen molar-refractivity contribution in [1.82, 2.24) is 10.2 Å². The fourth-order valence-corrected chi connectivity index (χ4v) is 5.24. The Morgan fingerprint density at radius 2 is 2.07 bits per heavy atom. The van der Waals surface area contributed by atoms with Crippen LogP contribution >= 0.6 is 11.8 Å². The molecule has 1 unspecified atom stereocenters. The quantitative estimate of drug-likeness (QED) is 0.498. The Morgan fingerprint density at radius 3 is 2.62 bits per heavy atom. The summed E-state index contributed by atoms with van der Waals surface area (Å²) in [7, 11) is 0. The van der Waals surface area contributed by atoms with Gasteiger partial charge in [-0.3, -0.25) is 9.59 Å². The van der Waals surface area contributed by atoms with E-state index < -0.39 is 52.1 Å². The predicted octanol–water partition coefficient (Wildman–Crippen LogP) is 1.48. The predicted molar refractivity (Wildman–Crippen MR) is 103 cm³/mol. The van der Waals surface area contributed by atoms with Crippen molar-refractivity contribution >= 4 is 35.5 Å². The van der Waals surface area contributed by atoms with Gasteiger partial charge in [-0.25, -0.2) is 9.59 Å². The number of carboxylic acid groups (broad SMARTS) is 1. The molecule has 29 heavy (non-hydrogen) atoms. The smallest absolute Gasteiger partial charge is 0.374 e. The van der Waals surface area contributed by atoms with Gasteiger partial charge in [-0.15, -0.1) is 11.8 Å². The van der Waals surface area contributed by atoms with E-state index in [4.69, 9.17) is 9.15 Å². The zero-order chi connectivity index (χ0) is 21.5. The number of hydrogen-bond acceptors (Lipinski definition) is 7. The summed E-state index contributed by atoms with van der Waals surface area (Å²) in [5.74, 6) is -2.84. The third-order valence-electron chi connectivity index (χ3n) is 4.92. The van der Waals surface area contributed by atoms with E-state index in [1.165, 1.54) is 35.1 Å². The number of amides is 2. The molecule has 0 spiro atoms. The third kappa shape index (κ3) is 3.98. The lowest BCUT2D eigenvalue weighted by Crippen LogP contribution is -2.71. The summed E-state index contributed by atoms with van der Waals surface area (Å²) in [5, 5.41) is 11.6. The first-order valence-electron chi connectivity index (χ1n) is 9.30. The van der Waals surface area contributed by atoms with Crippen molar-refractivity contribution in [3.63, 3.8) is 0 Å². The van der Waals surface area contributed by atoms with E-state index in [0.717, 1.165) is 0 Å². The van der Waals surface area contributed by atoms with Crippen LogP contribution in [0, 0.1) is 5.92 Å². The highest BCUT2D eigenvalue weighted by molar-refractivity contribution is 8.01. The molecule has 2 aliphatic rings. The maximum absolute atomic E-state index is 12.8. The Labute approximate surface area is 172 Å². The second-order valence-electron chi connectivity index (χ2n) is 8.09. The molecule has 2 N–H and O–H groups in total. The normalized spacial score (nSPS) is 25.9. The zero-order valence-electron chi connectivity index (χ0n) is 16.6. The molecule has 2 aliphatic heterocycles. The molecule has 9 nitrogen and oxygen atoms in total. The number of fused-ring (bicyclic) bond motifs is 1. The monoisotopic (exact) mass is 424 g/mol. The van der Waals surface area contributed by atoms with Gasteiger partial charge < -0.3 is 24.5 Å². The van der Waals surface area contributed by atoms with Crippen LogP contribution < -0.4 is 5.32 Å². The number of rotatable bonds is 7. The van der Waals surface area contributed by atoms with Gasteiger partial charge >= 0.3 is 11.9 Å². The van der Waals surface area contributed by atoms with E-state index in [2.05, 4.69) is 5.32 Å². The van der Waals surface area contributed by atoms with E-state index in [1.807, 2.05) is 13.8 Å². The van der Waals surface area contributed by atoms with Gasteiger partial charge in [0.2, 0.25) is 11.7 Å². The van der Waals surface area contributed by atoms with Crippen LogP contribution in [-0.4, -0.2) is 62.1 Å². The van der Waals surface area contributed by atoms with E-state index >= 15 is 0 Å². The highest BCUT2D eigenvalue weighted by atomic mass is 32.2. The van der Waals surface area contributed by atoms with Crippen LogP contribution in [0.2, 0.25) is 0 Å². The summed E-state index contributed by atoms with van der Waals surface area (Å²) in [6.07, 6.45) is 0.501.